The van der Waals surface area contributed by atoms with Gasteiger partial charge in [-0.2, -0.15) is 0 Å². The largest absolute Gasteiger partial charge is 0.469 e. The van der Waals surface area contributed by atoms with Gasteiger partial charge in [0, 0.05) is 12.1 Å². The molecule has 7 nitrogen and oxygen atoms in total. The van der Waals surface area contributed by atoms with E-state index in [2.05, 4.69) is 50.4 Å². The minimum absolute atomic E-state index is 0.00261. The molecule has 6 aliphatic rings. The number of carbonyl (C=O) groups is 3. The Morgan fingerprint density at radius 1 is 0.696 bits per heavy atom. The van der Waals surface area contributed by atoms with Crippen LogP contribution < -0.4 is 11.1 Å². The molecule has 6 fully saturated rings. The lowest BCUT2D eigenvalue weighted by atomic mass is 9.53. The highest BCUT2D eigenvalue weighted by Crippen LogP contribution is 2.58. The first-order chi connectivity index (χ1) is 21.8. The summed E-state index contributed by atoms with van der Waals surface area (Å²) in [6, 6.07) is 16.4. The van der Waals surface area contributed by atoms with Crippen LogP contribution in [0.5, 0.6) is 0 Å². The molecule has 7 heteroatoms. The van der Waals surface area contributed by atoms with Crippen LogP contribution in [0.1, 0.15) is 114 Å². The van der Waals surface area contributed by atoms with Crippen molar-refractivity contribution in [3.8, 4) is 11.1 Å². The Morgan fingerprint density at radius 3 is 1.59 bits per heavy atom. The molecule has 0 aromatic heterocycles. The molecular weight excluding hydrogens is 576 g/mol. The molecule has 0 radical (unpaired) electrons. The fraction of sp³-hybridized carbons (Fsp3) is 0.615. The summed E-state index contributed by atoms with van der Waals surface area (Å²) in [5.41, 5.74) is 9.94. The maximum Gasteiger partial charge on any atom is 0.311 e. The Kier molecular flexibility index (Phi) is 9.75. The Bertz CT molecular complexity index is 1370. The van der Waals surface area contributed by atoms with Crippen LogP contribution in [-0.4, -0.2) is 45.2 Å². The van der Waals surface area contributed by atoms with Gasteiger partial charge in [-0.3, -0.25) is 14.4 Å². The molecule has 0 aliphatic heterocycles. The third kappa shape index (κ3) is 6.62. The number of esters is 2. The summed E-state index contributed by atoms with van der Waals surface area (Å²) in [7, 11) is 2.98. The molecule has 0 heterocycles. The Hall–Kier alpha value is -3.19. The molecule has 6 saturated carbocycles. The van der Waals surface area contributed by atoms with Crippen molar-refractivity contribution in [3.63, 3.8) is 0 Å². The van der Waals surface area contributed by atoms with Crippen LogP contribution in [0, 0.1) is 21.7 Å². The van der Waals surface area contributed by atoms with E-state index in [1.165, 1.54) is 19.8 Å². The first-order valence-corrected chi connectivity index (χ1v) is 17.2. The molecular formula is C39H54N2O5. The highest BCUT2D eigenvalue weighted by molar-refractivity contribution is 6.00. The van der Waals surface area contributed by atoms with Crippen molar-refractivity contribution in [3.05, 3.63) is 59.7 Å². The van der Waals surface area contributed by atoms with Crippen molar-refractivity contribution in [1.82, 2.24) is 5.32 Å². The highest BCUT2D eigenvalue weighted by Gasteiger charge is 2.53. The van der Waals surface area contributed by atoms with Gasteiger partial charge in [0.05, 0.1) is 25.0 Å². The van der Waals surface area contributed by atoms with E-state index in [-0.39, 0.29) is 39.5 Å². The molecule has 0 saturated heterocycles. The Morgan fingerprint density at radius 2 is 1.15 bits per heavy atom. The summed E-state index contributed by atoms with van der Waals surface area (Å²) in [4.78, 5) is 37.2. The predicted octanol–water partition coefficient (Wildman–Crippen LogP) is 7.35. The monoisotopic (exact) mass is 630 g/mol. The number of benzene rings is 2. The molecule has 46 heavy (non-hydrogen) atoms. The lowest BCUT2D eigenvalue weighted by molar-refractivity contribution is -0.163. The third-order valence-electron chi connectivity index (χ3n) is 12.3. The van der Waals surface area contributed by atoms with Gasteiger partial charge in [-0.1, -0.05) is 63.2 Å². The number of carbonyl (C=O) groups excluding carboxylic acids is 3. The normalized spacial score (nSPS) is 29.7. The molecule has 8 rings (SSSR count). The first-order valence-electron chi connectivity index (χ1n) is 17.2. The topological polar surface area (TPSA) is 108 Å². The number of ether oxygens (including phenoxy) is 2. The number of amides is 1. The van der Waals surface area contributed by atoms with E-state index in [1.54, 1.807) is 0 Å². The average Bonchev–Trinajstić information content (AvgIpc) is 3.11. The summed E-state index contributed by atoms with van der Waals surface area (Å²) in [5.74, 6) is -0.0747. The smallest absolute Gasteiger partial charge is 0.311 e. The fourth-order valence-electron chi connectivity index (χ4n) is 8.59. The van der Waals surface area contributed by atoms with Crippen LogP contribution in [-0.2, 0) is 24.5 Å². The number of hydrogen-bond acceptors (Lipinski definition) is 6. The number of fused-ring (bicyclic) bond motifs is 6. The van der Waals surface area contributed by atoms with Gasteiger partial charge >= 0.3 is 11.9 Å². The molecule has 250 valence electrons. The van der Waals surface area contributed by atoms with Crippen LogP contribution in [0.15, 0.2) is 48.5 Å². The standard InChI is InChI=1S/C28H35NO3.C11H19NO2/c1-26(2,3)21-11-9-20(10-12-21)22-7-5-6-8-23(22)24(30)29-19-27-13-16-28(17-14-27,18-15-27)25(31)32-4;1-14-9(13)11-5-2-10(8-12,3-6-11)4-7-11/h5-12H,13-19H2,1-4H3,(H,29,30);2-8,12H2,1H3. The van der Waals surface area contributed by atoms with Crippen LogP contribution >= 0.6 is 0 Å². The van der Waals surface area contributed by atoms with Gasteiger partial charge in [-0.25, -0.2) is 0 Å². The first kappa shape index (κ1) is 34.2. The Balaban J connectivity index is 0.000000247. The summed E-state index contributed by atoms with van der Waals surface area (Å²) in [6.07, 6.45) is 11.8. The molecule has 4 bridgehead atoms. The maximum atomic E-state index is 13.2. The molecule has 1 amide bonds. The van der Waals surface area contributed by atoms with E-state index in [4.69, 9.17) is 15.2 Å². The summed E-state index contributed by atoms with van der Waals surface area (Å²) >= 11 is 0. The van der Waals surface area contributed by atoms with Crippen molar-refractivity contribution >= 4 is 17.8 Å². The van der Waals surface area contributed by atoms with Crippen molar-refractivity contribution in [2.75, 3.05) is 27.3 Å². The van der Waals surface area contributed by atoms with Gasteiger partial charge in [-0.15, -0.1) is 0 Å². The fourth-order valence-corrected chi connectivity index (χ4v) is 8.59. The second-order valence-corrected chi connectivity index (χ2v) is 15.8. The zero-order chi connectivity index (χ0) is 33.2. The zero-order valence-corrected chi connectivity index (χ0v) is 28.6. The third-order valence-corrected chi connectivity index (χ3v) is 12.3. The number of methoxy groups -OCH3 is 2. The number of rotatable bonds is 7. The number of nitrogens with one attached hydrogen (secondary N) is 1. The predicted molar refractivity (Wildman–Crippen MR) is 181 cm³/mol. The second-order valence-electron chi connectivity index (χ2n) is 15.8. The lowest BCUT2D eigenvalue weighted by Crippen LogP contribution is -2.50. The minimum Gasteiger partial charge on any atom is -0.469 e. The van der Waals surface area contributed by atoms with Crippen molar-refractivity contribution in [2.24, 2.45) is 27.4 Å². The zero-order valence-electron chi connectivity index (χ0n) is 28.6. The molecule has 6 aliphatic carbocycles. The number of nitrogens with two attached hydrogens (primary N) is 1. The molecule has 2 aromatic rings. The SMILES string of the molecule is COC(=O)C12CCC(CN)(CC1)CC2.COC(=O)C12CCC(CNC(=O)c3ccccc3-c3ccc(C(C)(C)C)cc3)(CC1)CC2. The van der Waals surface area contributed by atoms with Gasteiger partial charge in [-0.05, 0) is 123 Å². The van der Waals surface area contributed by atoms with Gasteiger partial charge < -0.3 is 20.5 Å². The van der Waals surface area contributed by atoms with Crippen LogP contribution in [0.4, 0.5) is 0 Å². The van der Waals surface area contributed by atoms with Crippen LogP contribution in [0.3, 0.4) is 0 Å². The van der Waals surface area contributed by atoms with Gasteiger partial charge in [0.25, 0.3) is 5.91 Å². The minimum atomic E-state index is -0.285. The molecule has 0 spiro atoms. The lowest BCUT2D eigenvalue weighted by Gasteiger charge is -2.51. The van der Waals surface area contributed by atoms with Gasteiger partial charge in [0.15, 0.2) is 0 Å². The van der Waals surface area contributed by atoms with Gasteiger partial charge in [0.1, 0.15) is 0 Å². The van der Waals surface area contributed by atoms with Gasteiger partial charge in [0.2, 0.25) is 0 Å². The number of hydrogen-bond donors (Lipinski definition) is 2. The molecule has 0 atom stereocenters. The maximum absolute atomic E-state index is 13.2. The second kappa shape index (κ2) is 13.1. The molecule has 3 N–H and O–H groups in total. The van der Waals surface area contributed by atoms with E-state index in [1.807, 2.05) is 24.3 Å². The summed E-state index contributed by atoms with van der Waals surface area (Å²) in [5, 5.41) is 3.23. The van der Waals surface area contributed by atoms with E-state index in [0.717, 1.165) is 94.7 Å². The summed E-state index contributed by atoms with van der Waals surface area (Å²) in [6.45, 7) is 8.06. The average molecular weight is 631 g/mol. The van der Waals surface area contributed by atoms with Crippen LogP contribution in [0.25, 0.3) is 11.1 Å². The van der Waals surface area contributed by atoms with Crippen LogP contribution in [0.2, 0.25) is 0 Å². The quantitative estimate of drug-likeness (QED) is 0.310. The van der Waals surface area contributed by atoms with E-state index >= 15 is 0 Å². The molecule has 0 unspecified atom stereocenters. The summed E-state index contributed by atoms with van der Waals surface area (Å²) < 4.78 is 9.97. The van der Waals surface area contributed by atoms with E-state index < -0.39 is 0 Å². The molecule has 2 aromatic carbocycles. The van der Waals surface area contributed by atoms with E-state index in [0.29, 0.717) is 17.5 Å². The van der Waals surface area contributed by atoms with Crippen molar-refractivity contribution in [1.29, 1.82) is 0 Å². The Labute approximate surface area is 275 Å². The van der Waals surface area contributed by atoms with E-state index in [9.17, 15) is 14.4 Å². The highest BCUT2D eigenvalue weighted by atomic mass is 16.5. The van der Waals surface area contributed by atoms with Crippen molar-refractivity contribution in [2.45, 2.75) is 103 Å². The van der Waals surface area contributed by atoms with Crippen molar-refractivity contribution < 1.29 is 23.9 Å².